The van der Waals surface area contributed by atoms with Crippen molar-refractivity contribution >= 4 is 5.97 Å². The molecule has 1 heterocycles. The Morgan fingerprint density at radius 3 is 2.41 bits per heavy atom. The van der Waals surface area contributed by atoms with E-state index in [-0.39, 0.29) is 11.4 Å². The zero-order valence-corrected chi connectivity index (χ0v) is 11.3. The molecule has 0 aliphatic heterocycles. The molecular weight excluding hydrogens is 287 g/mol. The van der Waals surface area contributed by atoms with Crippen LogP contribution in [0.3, 0.4) is 0 Å². The van der Waals surface area contributed by atoms with Crippen LogP contribution in [-0.4, -0.2) is 31.3 Å². The molecule has 0 spiro atoms. The second kappa shape index (κ2) is 5.72. The SMILES string of the molecule is O=C(O)c1ccc(Cn2nnnc2-c2ccc(F)cc2)cc1. The van der Waals surface area contributed by atoms with Crippen molar-refractivity contribution in [2.45, 2.75) is 6.54 Å². The summed E-state index contributed by atoms with van der Waals surface area (Å²) in [6.07, 6.45) is 0. The second-order valence-corrected chi connectivity index (χ2v) is 4.67. The van der Waals surface area contributed by atoms with Gasteiger partial charge < -0.3 is 5.11 Å². The molecule has 1 N–H and O–H groups in total. The number of aromatic nitrogens is 4. The van der Waals surface area contributed by atoms with E-state index >= 15 is 0 Å². The van der Waals surface area contributed by atoms with Crippen molar-refractivity contribution in [3.05, 3.63) is 65.5 Å². The van der Waals surface area contributed by atoms with E-state index in [0.717, 1.165) is 5.56 Å². The van der Waals surface area contributed by atoms with Gasteiger partial charge in [0.05, 0.1) is 12.1 Å². The van der Waals surface area contributed by atoms with Gasteiger partial charge in [-0.2, -0.15) is 0 Å². The maximum atomic E-state index is 13.0. The standard InChI is InChI=1S/C15H11FN4O2/c16-13-7-5-11(6-8-13)14-17-18-19-20(14)9-10-1-3-12(4-2-10)15(21)22/h1-8H,9H2,(H,21,22). The number of hydrogen-bond acceptors (Lipinski definition) is 4. The fourth-order valence-electron chi connectivity index (χ4n) is 2.04. The van der Waals surface area contributed by atoms with Crippen molar-refractivity contribution in [2.24, 2.45) is 0 Å². The Kier molecular flexibility index (Phi) is 3.61. The van der Waals surface area contributed by atoms with Crippen LogP contribution in [-0.2, 0) is 6.54 Å². The summed E-state index contributed by atoms with van der Waals surface area (Å²) in [7, 11) is 0. The lowest BCUT2D eigenvalue weighted by Crippen LogP contribution is -2.05. The summed E-state index contributed by atoms with van der Waals surface area (Å²) in [5.41, 5.74) is 1.79. The predicted octanol–water partition coefficient (Wildman–Crippen LogP) is 2.23. The number of rotatable bonds is 4. The Bertz CT molecular complexity index is 797. The van der Waals surface area contributed by atoms with Gasteiger partial charge in [0.25, 0.3) is 0 Å². The van der Waals surface area contributed by atoms with E-state index in [1.807, 2.05) is 0 Å². The lowest BCUT2D eigenvalue weighted by atomic mass is 10.1. The van der Waals surface area contributed by atoms with Gasteiger partial charge in [-0.15, -0.1) is 5.10 Å². The minimum absolute atomic E-state index is 0.222. The van der Waals surface area contributed by atoms with Gasteiger partial charge in [-0.1, -0.05) is 12.1 Å². The maximum Gasteiger partial charge on any atom is 0.335 e. The zero-order valence-electron chi connectivity index (χ0n) is 11.3. The second-order valence-electron chi connectivity index (χ2n) is 4.67. The highest BCUT2D eigenvalue weighted by molar-refractivity contribution is 5.87. The van der Waals surface area contributed by atoms with Gasteiger partial charge in [0, 0.05) is 5.56 Å². The number of aromatic carboxylic acids is 1. The summed E-state index contributed by atoms with van der Waals surface area (Å²) in [6.45, 7) is 0.389. The van der Waals surface area contributed by atoms with E-state index in [1.165, 1.54) is 24.3 Å². The van der Waals surface area contributed by atoms with Crippen LogP contribution in [0, 0.1) is 5.82 Å². The first-order valence-corrected chi connectivity index (χ1v) is 6.48. The Morgan fingerprint density at radius 1 is 1.09 bits per heavy atom. The molecule has 0 fully saturated rings. The third-order valence-corrected chi connectivity index (χ3v) is 3.17. The Labute approximate surface area is 124 Å². The van der Waals surface area contributed by atoms with Crippen LogP contribution in [0.15, 0.2) is 48.5 Å². The van der Waals surface area contributed by atoms with Crippen molar-refractivity contribution in [3.63, 3.8) is 0 Å². The number of carbonyl (C=O) groups is 1. The van der Waals surface area contributed by atoms with Crippen LogP contribution < -0.4 is 0 Å². The fourth-order valence-corrected chi connectivity index (χ4v) is 2.04. The minimum Gasteiger partial charge on any atom is -0.478 e. The molecule has 3 aromatic rings. The molecule has 0 amide bonds. The van der Waals surface area contributed by atoms with Crippen molar-refractivity contribution in [1.29, 1.82) is 0 Å². The maximum absolute atomic E-state index is 13.0. The number of tetrazole rings is 1. The molecule has 1 aromatic heterocycles. The topological polar surface area (TPSA) is 80.9 Å². The molecule has 6 nitrogen and oxygen atoms in total. The van der Waals surface area contributed by atoms with Crippen LogP contribution in [0.2, 0.25) is 0 Å². The number of hydrogen-bond donors (Lipinski definition) is 1. The molecule has 110 valence electrons. The number of carboxylic acids is 1. The first kappa shape index (κ1) is 13.9. The number of nitrogens with zero attached hydrogens (tertiary/aromatic N) is 4. The number of benzene rings is 2. The van der Waals surface area contributed by atoms with E-state index in [4.69, 9.17) is 5.11 Å². The fraction of sp³-hybridized carbons (Fsp3) is 0.0667. The van der Waals surface area contributed by atoms with Gasteiger partial charge in [-0.05, 0) is 52.4 Å². The highest BCUT2D eigenvalue weighted by atomic mass is 19.1. The molecule has 3 rings (SSSR count). The first-order valence-electron chi connectivity index (χ1n) is 6.48. The molecule has 0 unspecified atom stereocenters. The molecule has 0 bridgehead atoms. The lowest BCUT2D eigenvalue weighted by molar-refractivity contribution is 0.0697. The van der Waals surface area contributed by atoms with Crippen LogP contribution in [0.4, 0.5) is 4.39 Å². The molecule has 0 saturated heterocycles. The predicted molar refractivity (Wildman–Crippen MR) is 75.7 cm³/mol. The molecule has 0 radical (unpaired) electrons. The summed E-state index contributed by atoms with van der Waals surface area (Å²) in [5.74, 6) is -0.782. The number of carboxylic acid groups (broad SMARTS) is 1. The molecule has 7 heteroatoms. The third-order valence-electron chi connectivity index (χ3n) is 3.17. The van der Waals surface area contributed by atoms with E-state index < -0.39 is 5.97 Å². The summed E-state index contributed by atoms with van der Waals surface area (Å²) >= 11 is 0. The summed E-state index contributed by atoms with van der Waals surface area (Å²) < 4.78 is 14.5. The Morgan fingerprint density at radius 2 is 1.77 bits per heavy atom. The van der Waals surface area contributed by atoms with Gasteiger partial charge in [0.1, 0.15) is 5.82 Å². The Hall–Kier alpha value is -3.09. The molecular formula is C15H11FN4O2. The molecule has 2 aromatic carbocycles. The highest BCUT2D eigenvalue weighted by Gasteiger charge is 2.10. The van der Waals surface area contributed by atoms with E-state index in [9.17, 15) is 9.18 Å². The quantitative estimate of drug-likeness (QED) is 0.798. The largest absolute Gasteiger partial charge is 0.478 e. The Balaban J connectivity index is 1.86. The van der Waals surface area contributed by atoms with E-state index in [0.29, 0.717) is 17.9 Å². The van der Waals surface area contributed by atoms with Crippen molar-refractivity contribution in [1.82, 2.24) is 20.2 Å². The monoisotopic (exact) mass is 298 g/mol. The van der Waals surface area contributed by atoms with Crippen LogP contribution in [0.5, 0.6) is 0 Å². The lowest BCUT2D eigenvalue weighted by Gasteiger charge is -2.05. The first-order chi connectivity index (χ1) is 10.6. The van der Waals surface area contributed by atoms with Gasteiger partial charge in [-0.3, -0.25) is 0 Å². The van der Waals surface area contributed by atoms with E-state index in [2.05, 4.69) is 15.5 Å². The van der Waals surface area contributed by atoms with Gasteiger partial charge in [0.2, 0.25) is 0 Å². The summed E-state index contributed by atoms with van der Waals surface area (Å²) in [5, 5.41) is 20.4. The smallest absolute Gasteiger partial charge is 0.335 e. The van der Waals surface area contributed by atoms with Gasteiger partial charge in [-0.25, -0.2) is 13.9 Å². The highest BCUT2D eigenvalue weighted by Crippen LogP contribution is 2.17. The molecule has 0 aliphatic carbocycles. The normalized spacial score (nSPS) is 10.6. The van der Waals surface area contributed by atoms with Gasteiger partial charge in [0.15, 0.2) is 5.82 Å². The molecule has 22 heavy (non-hydrogen) atoms. The molecule has 0 aliphatic rings. The van der Waals surface area contributed by atoms with Crippen LogP contribution in [0.1, 0.15) is 15.9 Å². The molecule has 0 atom stereocenters. The van der Waals surface area contributed by atoms with Crippen LogP contribution >= 0.6 is 0 Å². The average molecular weight is 298 g/mol. The molecule has 0 saturated carbocycles. The average Bonchev–Trinajstić information content (AvgIpc) is 2.97. The van der Waals surface area contributed by atoms with Crippen molar-refractivity contribution < 1.29 is 14.3 Å². The summed E-state index contributed by atoms with van der Waals surface area (Å²) in [4.78, 5) is 10.8. The summed E-state index contributed by atoms with van der Waals surface area (Å²) in [6, 6.07) is 12.4. The van der Waals surface area contributed by atoms with Crippen LogP contribution in [0.25, 0.3) is 11.4 Å². The third kappa shape index (κ3) is 2.83. The van der Waals surface area contributed by atoms with E-state index in [1.54, 1.807) is 28.9 Å². The minimum atomic E-state index is -0.971. The van der Waals surface area contributed by atoms with Crippen molar-refractivity contribution in [3.8, 4) is 11.4 Å². The number of halogens is 1. The zero-order chi connectivity index (χ0) is 15.5. The van der Waals surface area contributed by atoms with Crippen molar-refractivity contribution in [2.75, 3.05) is 0 Å². The van der Waals surface area contributed by atoms with Gasteiger partial charge >= 0.3 is 5.97 Å².